The third kappa shape index (κ3) is 3.98. The van der Waals surface area contributed by atoms with E-state index in [-0.39, 0.29) is 6.61 Å². The molecule has 43 valence electrons. The minimum absolute atomic E-state index is 0.263. The SMILES string of the molecule is CO[Si](C)CCO. The van der Waals surface area contributed by atoms with Crippen LogP contribution >= 0.6 is 0 Å². The lowest BCUT2D eigenvalue weighted by molar-refractivity contribution is 0.307. The lowest BCUT2D eigenvalue weighted by atomic mass is 10.9. The molecule has 0 aliphatic carbocycles. The molecule has 0 rings (SSSR count). The van der Waals surface area contributed by atoms with Gasteiger partial charge < -0.3 is 9.53 Å². The molecule has 0 heterocycles. The van der Waals surface area contributed by atoms with Gasteiger partial charge in [-0.15, -0.1) is 0 Å². The maximum Gasteiger partial charge on any atom is 0.209 e. The summed E-state index contributed by atoms with van der Waals surface area (Å²) in [5, 5.41) is 8.31. The molecule has 0 fully saturated rings. The summed E-state index contributed by atoms with van der Waals surface area (Å²) in [4.78, 5) is 0. The molecule has 1 radical (unpaired) electrons. The van der Waals surface area contributed by atoms with E-state index in [1.807, 2.05) is 6.55 Å². The van der Waals surface area contributed by atoms with E-state index < -0.39 is 9.04 Å². The first kappa shape index (κ1) is 7.14. The van der Waals surface area contributed by atoms with Crippen LogP contribution < -0.4 is 0 Å². The van der Waals surface area contributed by atoms with Crippen LogP contribution in [0.2, 0.25) is 12.6 Å². The Hall–Kier alpha value is 0.137. The average molecular weight is 119 g/mol. The second-order valence-electron chi connectivity index (χ2n) is 1.38. The quantitative estimate of drug-likeness (QED) is 0.539. The molecule has 1 N–H and O–H groups in total. The molecule has 0 amide bonds. The Bertz CT molecular complexity index is 40.7. The van der Waals surface area contributed by atoms with Gasteiger partial charge in [0, 0.05) is 13.7 Å². The van der Waals surface area contributed by atoms with Crippen LogP contribution in [0.4, 0.5) is 0 Å². The molecule has 0 aliphatic rings. The van der Waals surface area contributed by atoms with Gasteiger partial charge in [-0.2, -0.15) is 0 Å². The van der Waals surface area contributed by atoms with Gasteiger partial charge >= 0.3 is 0 Å². The zero-order valence-electron chi connectivity index (χ0n) is 4.77. The maximum absolute atomic E-state index is 8.31. The summed E-state index contributed by atoms with van der Waals surface area (Å²) in [6.07, 6.45) is 0. The van der Waals surface area contributed by atoms with Crippen LogP contribution in [0.15, 0.2) is 0 Å². The molecule has 7 heavy (non-hydrogen) atoms. The van der Waals surface area contributed by atoms with Crippen LogP contribution in [0.25, 0.3) is 0 Å². The third-order valence-corrected chi connectivity index (χ3v) is 2.44. The molecule has 0 aromatic heterocycles. The molecule has 0 atom stereocenters. The Labute approximate surface area is 45.8 Å². The lowest BCUT2D eigenvalue weighted by Crippen LogP contribution is -2.10. The fourth-order valence-corrected chi connectivity index (χ4v) is 0.779. The van der Waals surface area contributed by atoms with Gasteiger partial charge in [0.2, 0.25) is 9.04 Å². The summed E-state index contributed by atoms with van der Waals surface area (Å²) >= 11 is 0. The van der Waals surface area contributed by atoms with Gasteiger partial charge in [-0.3, -0.25) is 0 Å². The number of hydrogen-bond donors (Lipinski definition) is 1. The minimum atomic E-state index is -0.630. The van der Waals surface area contributed by atoms with Crippen molar-refractivity contribution in [1.82, 2.24) is 0 Å². The molecule has 0 saturated carbocycles. The van der Waals surface area contributed by atoms with E-state index in [2.05, 4.69) is 0 Å². The Morgan fingerprint density at radius 2 is 2.29 bits per heavy atom. The smallest absolute Gasteiger partial charge is 0.209 e. The van der Waals surface area contributed by atoms with Crippen LogP contribution in [0.5, 0.6) is 0 Å². The van der Waals surface area contributed by atoms with Gasteiger partial charge in [-0.1, -0.05) is 0 Å². The fraction of sp³-hybridized carbons (Fsp3) is 1.00. The second-order valence-corrected chi connectivity index (χ2v) is 3.69. The fourth-order valence-electron chi connectivity index (χ4n) is 0.260. The molecule has 2 nitrogen and oxygen atoms in total. The van der Waals surface area contributed by atoms with E-state index in [1.165, 1.54) is 0 Å². The largest absolute Gasteiger partial charge is 0.420 e. The van der Waals surface area contributed by atoms with Crippen molar-refractivity contribution in [2.75, 3.05) is 13.7 Å². The number of aliphatic hydroxyl groups excluding tert-OH is 1. The topological polar surface area (TPSA) is 29.5 Å². The zero-order chi connectivity index (χ0) is 5.70. The molecule has 0 aliphatic heterocycles. The highest BCUT2D eigenvalue weighted by Gasteiger charge is 1.98. The standard InChI is InChI=1S/C4H11O2Si/c1-6-7(2)4-3-5/h5H,3-4H2,1-2H3. The molecule has 0 aromatic rings. The van der Waals surface area contributed by atoms with Crippen molar-refractivity contribution in [3.63, 3.8) is 0 Å². The van der Waals surface area contributed by atoms with E-state index >= 15 is 0 Å². The van der Waals surface area contributed by atoms with E-state index in [9.17, 15) is 0 Å². The number of aliphatic hydroxyl groups is 1. The molecule has 3 heteroatoms. The van der Waals surface area contributed by atoms with Gasteiger partial charge in [0.25, 0.3) is 0 Å². The van der Waals surface area contributed by atoms with Gasteiger partial charge in [0.05, 0.1) is 0 Å². The van der Waals surface area contributed by atoms with Crippen molar-refractivity contribution in [2.24, 2.45) is 0 Å². The molecular formula is C4H11O2Si. The Balaban J connectivity index is 2.83. The summed E-state index contributed by atoms with van der Waals surface area (Å²) in [7, 11) is 1.05. The van der Waals surface area contributed by atoms with Crippen molar-refractivity contribution in [1.29, 1.82) is 0 Å². The second kappa shape index (κ2) is 4.30. The Morgan fingerprint density at radius 1 is 1.71 bits per heavy atom. The van der Waals surface area contributed by atoms with Crippen LogP contribution in [0.3, 0.4) is 0 Å². The van der Waals surface area contributed by atoms with Crippen molar-refractivity contribution in [3.05, 3.63) is 0 Å². The van der Waals surface area contributed by atoms with Gasteiger partial charge in [0.15, 0.2) is 0 Å². The summed E-state index contributed by atoms with van der Waals surface area (Å²) in [5.74, 6) is 0. The first-order chi connectivity index (χ1) is 3.31. The van der Waals surface area contributed by atoms with Crippen LogP contribution in [-0.4, -0.2) is 27.9 Å². The molecule has 0 saturated heterocycles. The van der Waals surface area contributed by atoms with E-state index in [1.54, 1.807) is 7.11 Å². The Morgan fingerprint density at radius 3 is 2.43 bits per heavy atom. The molecular weight excluding hydrogens is 108 g/mol. The zero-order valence-corrected chi connectivity index (χ0v) is 5.77. The molecule has 0 unspecified atom stereocenters. The molecule has 0 aromatic carbocycles. The number of hydrogen-bond acceptors (Lipinski definition) is 2. The maximum atomic E-state index is 8.31. The van der Waals surface area contributed by atoms with E-state index in [0.29, 0.717) is 0 Å². The highest BCUT2D eigenvalue weighted by molar-refractivity contribution is 6.50. The minimum Gasteiger partial charge on any atom is -0.420 e. The van der Waals surface area contributed by atoms with Crippen LogP contribution in [0.1, 0.15) is 0 Å². The normalized spacial score (nSPS) is 10.3. The first-order valence-electron chi connectivity index (χ1n) is 2.28. The third-order valence-electron chi connectivity index (χ3n) is 0.812. The van der Waals surface area contributed by atoms with Crippen LogP contribution in [-0.2, 0) is 4.43 Å². The van der Waals surface area contributed by atoms with Crippen molar-refractivity contribution < 1.29 is 9.53 Å². The van der Waals surface area contributed by atoms with Crippen molar-refractivity contribution in [2.45, 2.75) is 12.6 Å². The van der Waals surface area contributed by atoms with Gasteiger partial charge in [0.1, 0.15) is 0 Å². The van der Waals surface area contributed by atoms with Crippen molar-refractivity contribution in [3.8, 4) is 0 Å². The summed E-state index contributed by atoms with van der Waals surface area (Å²) in [5.41, 5.74) is 0. The van der Waals surface area contributed by atoms with E-state index in [4.69, 9.17) is 9.53 Å². The summed E-state index contributed by atoms with van der Waals surface area (Å²) in [6, 6.07) is 0.834. The van der Waals surface area contributed by atoms with E-state index in [0.717, 1.165) is 6.04 Å². The van der Waals surface area contributed by atoms with Gasteiger partial charge in [-0.25, -0.2) is 0 Å². The molecule has 0 bridgehead atoms. The highest BCUT2D eigenvalue weighted by Crippen LogP contribution is 1.88. The average Bonchev–Trinajstić information content (AvgIpc) is 1.68. The Kier molecular flexibility index (Phi) is 4.38. The monoisotopic (exact) mass is 119 g/mol. The predicted octanol–water partition coefficient (Wildman–Crippen LogP) is 0.246. The highest BCUT2D eigenvalue weighted by atomic mass is 28.3. The van der Waals surface area contributed by atoms with Gasteiger partial charge in [-0.05, 0) is 12.6 Å². The van der Waals surface area contributed by atoms with Crippen LogP contribution in [0, 0.1) is 0 Å². The molecule has 0 spiro atoms. The predicted molar refractivity (Wildman–Crippen MR) is 30.5 cm³/mol. The summed E-state index contributed by atoms with van der Waals surface area (Å²) < 4.78 is 4.93. The first-order valence-corrected chi connectivity index (χ1v) is 4.40. The van der Waals surface area contributed by atoms with Crippen molar-refractivity contribution >= 4 is 9.04 Å². The number of rotatable bonds is 3. The summed E-state index contributed by atoms with van der Waals surface area (Å²) in [6.45, 7) is 2.29. The lowest BCUT2D eigenvalue weighted by Gasteiger charge is -2.00.